The molecule has 1 saturated heterocycles. The fraction of sp³-hybridized carbons (Fsp3) is 0.643. The van der Waals surface area contributed by atoms with Crippen molar-refractivity contribution in [3.63, 3.8) is 0 Å². The Balaban J connectivity index is 1.76. The zero-order valence-electron chi connectivity index (χ0n) is 11.8. The number of rotatable bonds is 5. The van der Waals surface area contributed by atoms with E-state index in [-0.39, 0.29) is 11.9 Å². The van der Waals surface area contributed by atoms with Crippen molar-refractivity contribution < 1.29 is 4.79 Å². The number of likely N-dealkylation sites (N-methyl/N-ethyl adjacent to an activating group) is 1. The number of nitrogens with zero attached hydrogens (tertiary/aromatic N) is 2. The average Bonchev–Trinajstić information content (AvgIpc) is 2.97. The van der Waals surface area contributed by atoms with E-state index >= 15 is 0 Å². The van der Waals surface area contributed by atoms with E-state index in [1.54, 1.807) is 11.3 Å². The fourth-order valence-electron chi connectivity index (χ4n) is 2.37. The van der Waals surface area contributed by atoms with Gasteiger partial charge < -0.3 is 10.2 Å². The first-order valence-corrected chi connectivity index (χ1v) is 7.85. The minimum atomic E-state index is -0.0287. The summed E-state index contributed by atoms with van der Waals surface area (Å²) < 4.78 is 0. The van der Waals surface area contributed by atoms with Crippen LogP contribution in [0.1, 0.15) is 18.7 Å². The first kappa shape index (κ1) is 14.5. The Morgan fingerprint density at radius 3 is 2.74 bits per heavy atom. The molecule has 2 heterocycles. The molecule has 1 aliphatic heterocycles. The van der Waals surface area contributed by atoms with E-state index in [1.165, 1.54) is 4.88 Å². The number of carbonyl (C=O) groups is 1. The van der Waals surface area contributed by atoms with Crippen molar-refractivity contribution in [3.05, 3.63) is 22.4 Å². The van der Waals surface area contributed by atoms with Crippen LogP contribution >= 0.6 is 11.3 Å². The molecular formula is C14H23N3OS. The average molecular weight is 281 g/mol. The van der Waals surface area contributed by atoms with E-state index in [0.717, 1.165) is 32.7 Å². The summed E-state index contributed by atoms with van der Waals surface area (Å²) in [6, 6.07) is 4.04. The van der Waals surface area contributed by atoms with Crippen LogP contribution in [-0.4, -0.2) is 54.5 Å². The van der Waals surface area contributed by atoms with Gasteiger partial charge >= 0.3 is 0 Å². The molecule has 0 bridgehead atoms. The Labute approximate surface area is 119 Å². The molecule has 5 heteroatoms. The standard InChI is InChI=1S/C14H23N3OS/c1-3-16-6-8-17(9-7-16)12(2)14(18)15-11-13-5-4-10-19-13/h4-5,10,12H,3,6-9,11H2,1-2H3,(H,15,18). The number of piperazine rings is 1. The molecule has 1 aliphatic rings. The van der Waals surface area contributed by atoms with Gasteiger partial charge in [0.15, 0.2) is 0 Å². The maximum atomic E-state index is 12.1. The van der Waals surface area contributed by atoms with Crippen molar-refractivity contribution in [1.29, 1.82) is 0 Å². The Bertz CT molecular complexity index is 385. The lowest BCUT2D eigenvalue weighted by molar-refractivity contribution is -0.126. The fourth-order valence-corrected chi connectivity index (χ4v) is 3.01. The zero-order valence-corrected chi connectivity index (χ0v) is 12.6. The molecule has 0 aromatic carbocycles. The van der Waals surface area contributed by atoms with Crippen molar-refractivity contribution in [2.75, 3.05) is 32.7 Å². The van der Waals surface area contributed by atoms with Gasteiger partial charge in [-0.25, -0.2) is 0 Å². The number of hydrogen-bond donors (Lipinski definition) is 1. The summed E-state index contributed by atoms with van der Waals surface area (Å²) in [5.41, 5.74) is 0. The quantitative estimate of drug-likeness (QED) is 0.886. The minimum absolute atomic E-state index is 0.0287. The summed E-state index contributed by atoms with van der Waals surface area (Å²) >= 11 is 1.68. The summed E-state index contributed by atoms with van der Waals surface area (Å²) in [4.78, 5) is 18.0. The van der Waals surface area contributed by atoms with Gasteiger partial charge in [0.25, 0.3) is 0 Å². The van der Waals surface area contributed by atoms with Gasteiger partial charge in [0.2, 0.25) is 5.91 Å². The lowest BCUT2D eigenvalue weighted by atomic mass is 10.2. The summed E-state index contributed by atoms with van der Waals surface area (Å²) in [5.74, 6) is 0.137. The van der Waals surface area contributed by atoms with E-state index in [2.05, 4.69) is 28.1 Å². The molecule has 0 spiro atoms. The second kappa shape index (κ2) is 7.03. The molecule has 1 amide bonds. The Kier molecular flexibility index (Phi) is 5.36. The van der Waals surface area contributed by atoms with Crippen molar-refractivity contribution in [2.45, 2.75) is 26.4 Å². The third kappa shape index (κ3) is 4.03. The van der Waals surface area contributed by atoms with Gasteiger partial charge in [0, 0.05) is 31.1 Å². The van der Waals surface area contributed by atoms with Gasteiger partial charge in [-0.2, -0.15) is 0 Å². The highest BCUT2D eigenvalue weighted by molar-refractivity contribution is 7.09. The van der Waals surface area contributed by atoms with E-state index in [1.807, 2.05) is 18.4 Å². The van der Waals surface area contributed by atoms with E-state index in [9.17, 15) is 4.79 Å². The van der Waals surface area contributed by atoms with E-state index in [0.29, 0.717) is 6.54 Å². The molecule has 1 N–H and O–H groups in total. The predicted molar refractivity (Wildman–Crippen MR) is 79.3 cm³/mol. The molecule has 0 radical (unpaired) electrons. The summed E-state index contributed by atoms with van der Waals surface area (Å²) in [5, 5.41) is 5.06. The molecule has 2 rings (SSSR count). The summed E-state index contributed by atoms with van der Waals surface area (Å²) in [6.45, 7) is 10.1. The largest absolute Gasteiger partial charge is 0.350 e. The monoisotopic (exact) mass is 281 g/mol. The van der Waals surface area contributed by atoms with Crippen LogP contribution in [0.4, 0.5) is 0 Å². The van der Waals surface area contributed by atoms with E-state index in [4.69, 9.17) is 0 Å². The van der Waals surface area contributed by atoms with Crippen LogP contribution in [0.25, 0.3) is 0 Å². The van der Waals surface area contributed by atoms with Crippen molar-refractivity contribution in [1.82, 2.24) is 15.1 Å². The summed E-state index contributed by atoms with van der Waals surface area (Å²) in [6.07, 6.45) is 0. The lowest BCUT2D eigenvalue weighted by Gasteiger charge is -2.36. The Hall–Kier alpha value is -0.910. The number of thiophene rings is 1. The molecule has 1 aromatic rings. The predicted octanol–water partition coefficient (Wildman–Crippen LogP) is 1.39. The highest BCUT2D eigenvalue weighted by Gasteiger charge is 2.24. The number of carbonyl (C=O) groups excluding carboxylic acids is 1. The van der Waals surface area contributed by atoms with Crippen molar-refractivity contribution in [2.24, 2.45) is 0 Å². The Morgan fingerprint density at radius 1 is 1.42 bits per heavy atom. The van der Waals surface area contributed by atoms with Gasteiger partial charge in [-0.05, 0) is 24.9 Å². The normalized spacial score (nSPS) is 19.3. The first-order valence-electron chi connectivity index (χ1n) is 6.97. The molecule has 106 valence electrons. The van der Waals surface area contributed by atoms with E-state index < -0.39 is 0 Å². The zero-order chi connectivity index (χ0) is 13.7. The number of nitrogens with one attached hydrogen (secondary N) is 1. The smallest absolute Gasteiger partial charge is 0.237 e. The minimum Gasteiger partial charge on any atom is -0.350 e. The van der Waals surface area contributed by atoms with Gasteiger partial charge in [0.1, 0.15) is 0 Å². The highest BCUT2D eigenvalue weighted by atomic mass is 32.1. The van der Waals surface area contributed by atoms with Crippen LogP contribution in [0.2, 0.25) is 0 Å². The highest BCUT2D eigenvalue weighted by Crippen LogP contribution is 2.09. The molecular weight excluding hydrogens is 258 g/mol. The molecule has 1 fully saturated rings. The van der Waals surface area contributed by atoms with Gasteiger partial charge in [0.05, 0.1) is 12.6 Å². The van der Waals surface area contributed by atoms with Crippen LogP contribution in [0, 0.1) is 0 Å². The van der Waals surface area contributed by atoms with Crippen LogP contribution in [0.3, 0.4) is 0 Å². The molecule has 0 aliphatic carbocycles. The molecule has 4 nitrogen and oxygen atoms in total. The topological polar surface area (TPSA) is 35.6 Å². The van der Waals surface area contributed by atoms with Crippen LogP contribution in [0.15, 0.2) is 17.5 Å². The SMILES string of the molecule is CCN1CCN(C(C)C(=O)NCc2cccs2)CC1. The Morgan fingerprint density at radius 2 is 2.16 bits per heavy atom. The maximum Gasteiger partial charge on any atom is 0.237 e. The lowest BCUT2D eigenvalue weighted by Crippen LogP contribution is -2.53. The maximum absolute atomic E-state index is 12.1. The third-order valence-electron chi connectivity index (χ3n) is 3.80. The molecule has 1 aromatic heterocycles. The second-order valence-corrected chi connectivity index (χ2v) is 5.98. The summed E-state index contributed by atoms with van der Waals surface area (Å²) in [7, 11) is 0. The van der Waals surface area contributed by atoms with Crippen molar-refractivity contribution >= 4 is 17.2 Å². The second-order valence-electron chi connectivity index (χ2n) is 4.94. The van der Waals surface area contributed by atoms with Crippen LogP contribution in [-0.2, 0) is 11.3 Å². The van der Waals surface area contributed by atoms with Crippen molar-refractivity contribution in [3.8, 4) is 0 Å². The van der Waals surface area contributed by atoms with Crippen LogP contribution < -0.4 is 5.32 Å². The number of amides is 1. The third-order valence-corrected chi connectivity index (χ3v) is 4.67. The first-order chi connectivity index (χ1) is 9.20. The van der Waals surface area contributed by atoms with Gasteiger partial charge in [-0.15, -0.1) is 11.3 Å². The molecule has 1 atom stereocenters. The van der Waals surface area contributed by atoms with Crippen LogP contribution in [0.5, 0.6) is 0 Å². The molecule has 1 unspecified atom stereocenters. The van der Waals surface area contributed by atoms with Gasteiger partial charge in [-0.3, -0.25) is 9.69 Å². The number of hydrogen-bond acceptors (Lipinski definition) is 4. The molecule has 19 heavy (non-hydrogen) atoms. The van der Waals surface area contributed by atoms with Gasteiger partial charge in [-0.1, -0.05) is 13.0 Å². The molecule has 0 saturated carbocycles.